The molecule has 0 aromatic heterocycles. The first-order chi connectivity index (χ1) is 6.29. The zero-order valence-electron chi connectivity index (χ0n) is 6.94. The molecule has 13 heavy (non-hydrogen) atoms. The number of aromatic hydroxyl groups is 1. The van der Waals surface area contributed by atoms with Crippen molar-refractivity contribution in [3.8, 4) is 5.75 Å². The second-order valence-corrected chi connectivity index (χ2v) is 3.23. The molecule has 1 aromatic carbocycles. The highest BCUT2D eigenvalue weighted by Crippen LogP contribution is 2.33. The molecule has 1 aromatic rings. The van der Waals surface area contributed by atoms with E-state index < -0.39 is 0 Å². The van der Waals surface area contributed by atoms with Crippen LogP contribution in [0, 0.1) is 0 Å². The lowest BCUT2D eigenvalue weighted by atomic mass is 10.2. The third kappa shape index (κ3) is 1.47. The topological polar surface area (TPSA) is 35.8 Å². The number of hydrogen-bond acceptors (Lipinski definition) is 3. The molecule has 0 atom stereocenters. The fourth-order valence-corrected chi connectivity index (χ4v) is 1.47. The van der Waals surface area contributed by atoms with Gasteiger partial charge in [-0.15, -0.1) is 0 Å². The van der Waals surface area contributed by atoms with Crippen molar-refractivity contribution in [2.75, 3.05) is 18.0 Å². The Bertz CT molecular complexity index is 351. The SMILES string of the molecule is Oc1c(Cl)cccc1N1C=NCC1. The summed E-state index contributed by atoms with van der Waals surface area (Å²) >= 11 is 5.77. The van der Waals surface area contributed by atoms with Crippen LogP contribution >= 0.6 is 11.6 Å². The average Bonchev–Trinajstić information content (AvgIpc) is 2.62. The maximum atomic E-state index is 9.62. The molecule has 0 fully saturated rings. The number of halogens is 1. The number of phenols is 1. The first-order valence-corrected chi connectivity index (χ1v) is 4.41. The molecule has 0 spiro atoms. The first kappa shape index (κ1) is 8.38. The van der Waals surface area contributed by atoms with Gasteiger partial charge in [0.2, 0.25) is 0 Å². The van der Waals surface area contributed by atoms with Crippen LogP contribution in [0.3, 0.4) is 0 Å². The van der Waals surface area contributed by atoms with Crippen molar-refractivity contribution < 1.29 is 5.11 Å². The Kier molecular flexibility index (Phi) is 2.10. The molecule has 68 valence electrons. The van der Waals surface area contributed by atoms with Gasteiger partial charge in [-0.3, -0.25) is 4.99 Å². The average molecular weight is 197 g/mol. The van der Waals surface area contributed by atoms with E-state index in [9.17, 15) is 5.11 Å². The van der Waals surface area contributed by atoms with Crippen LogP contribution in [0.15, 0.2) is 23.2 Å². The molecular formula is C9H9ClN2O. The third-order valence-electron chi connectivity index (χ3n) is 1.97. The van der Waals surface area contributed by atoms with Crippen molar-refractivity contribution in [1.82, 2.24) is 0 Å². The summed E-state index contributed by atoms with van der Waals surface area (Å²) in [6.07, 6.45) is 1.71. The second-order valence-electron chi connectivity index (χ2n) is 2.82. The predicted octanol–water partition coefficient (Wildman–Crippen LogP) is 1.89. The standard InChI is InChI=1S/C9H9ClN2O/c10-7-2-1-3-8(9(7)13)12-5-4-11-6-12/h1-3,6,13H,4-5H2. The molecule has 1 N–H and O–H groups in total. The second kappa shape index (κ2) is 3.26. The molecule has 1 heterocycles. The Morgan fingerprint density at radius 3 is 3.00 bits per heavy atom. The van der Waals surface area contributed by atoms with E-state index in [-0.39, 0.29) is 5.75 Å². The first-order valence-electron chi connectivity index (χ1n) is 4.03. The lowest BCUT2D eigenvalue weighted by Crippen LogP contribution is -2.18. The minimum absolute atomic E-state index is 0.123. The van der Waals surface area contributed by atoms with Gasteiger partial charge in [-0.05, 0) is 12.1 Å². The zero-order chi connectivity index (χ0) is 9.26. The summed E-state index contributed by atoms with van der Waals surface area (Å²) < 4.78 is 0. The Morgan fingerprint density at radius 2 is 2.31 bits per heavy atom. The van der Waals surface area contributed by atoms with Crippen molar-refractivity contribution in [2.45, 2.75) is 0 Å². The number of nitrogens with zero attached hydrogens (tertiary/aromatic N) is 2. The van der Waals surface area contributed by atoms with Crippen molar-refractivity contribution in [1.29, 1.82) is 0 Å². The molecule has 3 nitrogen and oxygen atoms in total. The number of para-hydroxylation sites is 1. The highest BCUT2D eigenvalue weighted by Gasteiger charge is 2.13. The summed E-state index contributed by atoms with van der Waals surface area (Å²) in [5.74, 6) is 0.123. The monoisotopic (exact) mass is 196 g/mol. The minimum atomic E-state index is 0.123. The molecule has 0 radical (unpaired) electrons. The fraction of sp³-hybridized carbons (Fsp3) is 0.222. The van der Waals surface area contributed by atoms with E-state index in [4.69, 9.17) is 11.6 Å². The highest BCUT2D eigenvalue weighted by atomic mass is 35.5. The molecule has 0 saturated carbocycles. The van der Waals surface area contributed by atoms with Crippen LogP contribution in [-0.4, -0.2) is 24.5 Å². The molecule has 4 heteroatoms. The van der Waals surface area contributed by atoms with Gasteiger partial charge in [-0.1, -0.05) is 17.7 Å². The summed E-state index contributed by atoms with van der Waals surface area (Å²) in [6, 6.07) is 5.29. The van der Waals surface area contributed by atoms with Crippen LogP contribution in [0.25, 0.3) is 0 Å². The van der Waals surface area contributed by atoms with E-state index in [1.54, 1.807) is 12.4 Å². The Labute approximate surface area is 81.3 Å². The smallest absolute Gasteiger partial charge is 0.157 e. The van der Waals surface area contributed by atoms with E-state index >= 15 is 0 Å². The van der Waals surface area contributed by atoms with Crippen LogP contribution in [0.1, 0.15) is 0 Å². The van der Waals surface area contributed by atoms with Crippen LogP contribution in [0.2, 0.25) is 5.02 Å². The number of aliphatic imine (C=N–C) groups is 1. The molecule has 0 aliphatic carbocycles. The fourth-order valence-electron chi connectivity index (χ4n) is 1.30. The summed E-state index contributed by atoms with van der Waals surface area (Å²) in [4.78, 5) is 5.93. The van der Waals surface area contributed by atoms with Gasteiger partial charge in [0.15, 0.2) is 5.75 Å². The number of anilines is 1. The third-order valence-corrected chi connectivity index (χ3v) is 2.27. The molecular weight excluding hydrogens is 188 g/mol. The van der Waals surface area contributed by atoms with Gasteiger partial charge in [0, 0.05) is 6.54 Å². The Balaban J connectivity index is 2.39. The minimum Gasteiger partial charge on any atom is -0.504 e. The number of rotatable bonds is 1. The summed E-state index contributed by atoms with van der Waals surface area (Å²) in [6.45, 7) is 1.57. The van der Waals surface area contributed by atoms with Gasteiger partial charge >= 0.3 is 0 Å². The molecule has 0 amide bonds. The Hall–Kier alpha value is -1.22. The van der Waals surface area contributed by atoms with E-state index in [0.29, 0.717) is 10.7 Å². The van der Waals surface area contributed by atoms with Gasteiger partial charge in [0.25, 0.3) is 0 Å². The molecule has 0 bridgehead atoms. The van der Waals surface area contributed by atoms with Crippen LogP contribution < -0.4 is 4.90 Å². The van der Waals surface area contributed by atoms with Gasteiger partial charge in [-0.25, -0.2) is 0 Å². The van der Waals surface area contributed by atoms with E-state index in [1.165, 1.54) is 0 Å². The Morgan fingerprint density at radius 1 is 1.46 bits per heavy atom. The number of benzene rings is 1. The normalized spacial score (nSPS) is 15.3. The van der Waals surface area contributed by atoms with Crippen LogP contribution in [0.5, 0.6) is 5.75 Å². The molecule has 1 aliphatic heterocycles. The van der Waals surface area contributed by atoms with Gasteiger partial charge in [-0.2, -0.15) is 0 Å². The summed E-state index contributed by atoms with van der Waals surface area (Å²) in [5, 5.41) is 10.00. The van der Waals surface area contributed by atoms with Crippen molar-refractivity contribution >= 4 is 23.6 Å². The van der Waals surface area contributed by atoms with E-state index in [0.717, 1.165) is 13.1 Å². The van der Waals surface area contributed by atoms with E-state index in [2.05, 4.69) is 4.99 Å². The maximum Gasteiger partial charge on any atom is 0.157 e. The molecule has 1 aliphatic rings. The van der Waals surface area contributed by atoms with Gasteiger partial charge < -0.3 is 10.0 Å². The zero-order valence-corrected chi connectivity index (χ0v) is 7.70. The van der Waals surface area contributed by atoms with Crippen LogP contribution in [0.4, 0.5) is 5.69 Å². The van der Waals surface area contributed by atoms with Crippen molar-refractivity contribution in [2.24, 2.45) is 4.99 Å². The number of hydrogen-bond donors (Lipinski definition) is 1. The number of phenolic OH excluding ortho intramolecular Hbond substituents is 1. The van der Waals surface area contributed by atoms with Crippen molar-refractivity contribution in [3.05, 3.63) is 23.2 Å². The predicted molar refractivity (Wildman–Crippen MR) is 53.8 cm³/mol. The summed E-state index contributed by atoms with van der Waals surface area (Å²) in [5.41, 5.74) is 0.716. The van der Waals surface area contributed by atoms with Gasteiger partial charge in [0.05, 0.1) is 23.6 Å². The summed E-state index contributed by atoms with van der Waals surface area (Å²) in [7, 11) is 0. The van der Waals surface area contributed by atoms with Crippen LogP contribution in [-0.2, 0) is 0 Å². The van der Waals surface area contributed by atoms with E-state index in [1.807, 2.05) is 17.0 Å². The maximum absolute atomic E-state index is 9.62. The van der Waals surface area contributed by atoms with Gasteiger partial charge in [0.1, 0.15) is 0 Å². The quantitative estimate of drug-likeness (QED) is 0.745. The largest absolute Gasteiger partial charge is 0.504 e. The highest BCUT2D eigenvalue weighted by molar-refractivity contribution is 6.32. The molecule has 2 rings (SSSR count). The lowest BCUT2D eigenvalue weighted by Gasteiger charge is -2.15. The molecule has 0 unspecified atom stereocenters. The lowest BCUT2D eigenvalue weighted by molar-refractivity contribution is 0.476. The van der Waals surface area contributed by atoms with Crippen molar-refractivity contribution in [3.63, 3.8) is 0 Å². The molecule has 0 saturated heterocycles.